The van der Waals surface area contributed by atoms with Crippen molar-refractivity contribution in [2.45, 2.75) is 0 Å². The summed E-state index contributed by atoms with van der Waals surface area (Å²) < 4.78 is 0. The number of hydrogen-bond acceptors (Lipinski definition) is 2. The number of carbonyl (C=O) groups excluding carboxylic acids is 1. The number of hydrogen-bond donors (Lipinski definition) is 2. The quantitative estimate of drug-likeness (QED) is 0.408. The molecule has 0 aromatic carbocycles. The van der Waals surface area contributed by atoms with Gasteiger partial charge in [-0.2, -0.15) is 0 Å². The van der Waals surface area contributed by atoms with Crippen LogP contribution in [0.3, 0.4) is 0 Å². The zero-order valence-corrected chi connectivity index (χ0v) is 4.56. The predicted octanol–water partition coefficient (Wildman–Crippen LogP) is -2.31. The van der Waals surface area contributed by atoms with Crippen LogP contribution >= 0.6 is 0 Å². The second-order valence-electron chi connectivity index (χ2n) is 1.75. The molecule has 0 aliphatic carbocycles. The predicted molar refractivity (Wildman–Crippen MR) is 42.8 cm³/mol. The van der Waals surface area contributed by atoms with Gasteiger partial charge in [0.1, 0.15) is 0 Å². The number of guanidine groups is 1. The Bertz CT molecular complexity index is 151. The van der Waals surface area contributed by atoms with Crippen molar-refractivity contribution in [1.82, 2.24) is 10.2 Å². The number of amides is 1. The van der Waals surface area contributed by atoms with Gasteiger partial charge < -0.3 is 4.90 Å². The molecular formula is C4H9KN3NaO. The first-order chi connectivity index (χ1) is 3.70. The van der Waals surface area contributed by atoms with Crippen molar-refractivity contribution >= 4 is 92.8 Å². The van der Waals surface area contributed by atoms with Crippen LogP contribution in [0.25, 0.3) is 0 Å². The first-order valence-corrected chi connectivity index (χ1v) is 2.29. The number of rotatable bonds is 0. The Labute approximate surface area is 124 Å². The fourth-order valence-electron chi connectivity index (χ4n) is 0.561. The fourth-order valence-corrected chi connectivity index (χ4v) is 0.561. The third-order valence-corrected chi connectivity index (χ3v) is 1.02. The zero-order chi connectivity index (χ0) is 6.15. The van der Waals surface area contributed by atoms with Gasteiger partial charge in [-0.25, -0.2) is 0 Å². The Morgan fingerprint density at radius 2 is 2.20 bits per heavy atom. The molecule has 0 atom stereocenters. The average molecular weight is 177 g/mol. The minimum atomic E-state index is -0.0995. The summed E-state index contributed by atoms with van der Waals surface area (Å²) in [6, 6.07) is 0. The van der Waals surface area contributed by atoms with Gasteiger partial charge in [0.25, 0.3) is 0 Å². The van der Waals surface area contributed by atoms with E-state index in [4.69, 9.17) is 5.41 Å². The summed E-state index contributed by atoms with van der Waals surface area (Å²) in [5.41, 5.74) is 0. The van der Waals surface area contributed by atoms with Crippen LogP contribution in [-0.2, 0) is 4.79 Å². The molecule has 0 bridgehead atoms. The second kappa shape index (κ2) is 6.13. The standard InChI is InChI=1S/C4H7N3O.K.Na.2H/c1-7-2-3(8)6-4(7)5;;;;/h2H2,1H3,(H2,5,6,8);;;;. The summed E-state index contributed by atoms with van der Waals surface area (Å²) in [7, 11) is 1.69. The van der Waals surface area contributed by atoms with Gasteiger partial charge in [0.2, 0.25) is 5.91 Å². The molecule has 0 radical (unpaired) electrons. The SMILES string of the molecule is CN1CC(=O)NC1=N.[KH].[NaH]. The van der Waals surface area contributed by atoms with Crippen molar-refractivity contribution in [2.75, 3.05) is 13.6 Å². The number of nitrogens with zero attached hydrogens (tertiary/aromatic N) is 1. The molecule has 1 aliphatic rings. The molecule has 10 heavy (non-hydrogen) atoms. The molecule has 0 aromatic heterocycles. The molecule has 1 fully saturated rings. The molecule has 1 heterocycles. The van der Waals surface area contributed by atoms with Crippen molar-refractivity contribution in [2.24, 2.45) is 0 Å². The van der Waals surface area contributed by atoms with Crippen LogP contribution in [0.15, 0.2) is 0 Å². The molecule has 1 saturated heterocycles. The Morgan fingerprint density at radius 1 is 1.70 bits per heavy atom. The van der Waals surface area contributed by atoms with Crippen LogP contribution in [0.1, 0.15) is 0 Å². The number of carbonyl (C=O) groups is 1. The van der Waals surface area contributed by atoms with Gasteiger partial charge in [0.05, 0.1) is 6.54 Å². The summed E-state index contributed by atoms with van der Waals surface area (Å²) >= 11 is 0. The minimum absolute atomic E-state index is 0. The number of likely N-dealkylation sites (N-methyl/N-ethyl adjacent to an activating group) is 1. The van der Waals surface area contributed by atoms with Gasteiger partial charge in [-0.15, -0.1) is 0 Å². The van der Waals surface area contributed by atoms with Gasteiger partial charge in [-0.1, -0.05) is 0 Å². The molecular weight excluding hydrogens is 168 g/mol. The van der Waals surface area contributed by atoms with Crippen molar-refractivity contribution in [1.29, 1.82) is 5.41 Å². The van der Waals surface area contributed by atoms with E-state index < -0.39 is 0 Å². The van der Waals surface area contributed by atoms with Crippen molar-refractivity contribution in [3.05, 3.63) is 0 Å². The van der Waals surface area contributed by atoms with E-state index >= 15 is 0 Å². The first-order valence-electron chi connectivity index (χ1n) is 2.29. The van der Waals surface area contributed by atoms with Gasteiger partial charge >= 0.3 is 80.9 Å². The molecule has 0 aromatic rings. The second-order valence-corrected chi connectivity index (χ2v) is 1.75. The Hall–Kier alpha value is 1.58. The molecule has 0 saturated carbocycles. The molecule has 2 N–H and O–H groups in total. The van der Waals surface area contributed by atoms with Crippen molar-refractivity contribution in [3.63, 3.8) is 0 Å². The van der Waals surface area contributed by atoms with E-state index in [0.717, 1.165) is 0 Å². The third kappa shape index (κ3) is 3.82. The Kier molecular flexibility index (Phi) is 8.66. The van der Waals surface area contributed by atoms with Crippen molar-refractivity contribution < 1.29 is 4.79 Å². The first kappa shape index (κ1) is 14.1. The van der Waals surface area contributed by atoms with E-state index in [2.05, 4.69) is 5.32 Å². The molecule has 6 heteroatoms. The van der Waals surface area contributed by atoms with Crippen LogP contribution in [0.5, 0.6) is 0 Å². The Morgan fingerprint density at radius 3 is 2.30 bits per heavy atom. The maximum absolute atomic E-state index is 10.4. The molecule has 1 amide bonds. The van der Waals surface area contributed by atoms with Crippen LogP contribution in [-0.4, -0.2) is 111 Å². The van der Waals surface area contributed by atoms with Gasteiger partial charge in [-0.05, 0) is 0 Å². The summed E-state index contributed by atoms with van der Waals surface area (Å²) in [5, 5.41) is 9.32. The molecule has 4 nitrogen and oxygen atoms in total. The summed E-state index contributed by atoms with van der Waals surface area (Å²) in [4.78, 5) is 11.9. The third-order valence-electron chi connectivity index (χ3n) is 1.02. The van der Waals surface area contributed by atoms with Crippen LogP contribution < -0.4 is 5.32 Å². The molecule has 0 unspecified atom stereocenters. The normalized spacial score (nSPS) is 15.5. The number of nitrogens with one attached hydrogen (secondary N) is 2. The molecule has 0 spiro atoms. The molecule has 48 valence electrons. The summed E-state index contributed by atoms with van der Waals surface area (Å²) in [6.45, 7) is 0.318. The monoisotopic (exact) mass is 177 g/mol. The van der Waals surface area contributed by atoms with Crippen LogP contribution in [0.2, 0.25) is 0 Å². The topological polar surface area (TPSA) is 56.2 Å². The van der Waals surface area contributed by atoms with E-state index in [1.54, 1.807) is 11.9 Å². The molecule has 1 aliphatic heterocycles. The van der Waals surface area contributed by atoms with E-state index in [1.807, 2.05) is 0 Å². The average Bonchev–Trinajstić information content (AvgIpc) is 1.85. The van der Waals surface area contributed by atoms with E-state index in [1.165, 1.54) is 0 Å². The van der Waals surface area contributed by atoms with Crippen molar-refractivity contribution in [3.8, 4) is 0 Å². The van der Waals surface area contributed by atoms with Gasteiger partial charge in [-0.3, -0.25) is 15.5 Å². The fraction of sp³-hybridized carbons (Fsp3) is 0.500. The maximum atomic E-state index is 10.4. The van der Waals surface area contributed by atoms with Crippen LogP contribution in [0.4, 0.5) is 0 Å². The van der Waals surface area contributed by atoms with Gasteiger partial charge in [0.15, 0.2) is 5.96 Å². The summed E-state index contributed by atoms with van der Waals surface area (Å²) in [6.07, 6.45) is 0. The van der Waals surface area contributed by atoms with Gasteiger partial charge in [0, 0.05) is 7.05 Å². The van der Waals surface area contributed by atoms with E-state index in [9.17, 15) is 4.79 Å². The van der Waals surface area contributed by atoms with E-state index in [0.29, 0.717) is 6.54 Å². The van der Waals surface area contributed by atoms with Crippen LogP contribution in [0, 0.1) is 5.41 Å². The zero-order valence-electron chi connectivity index (χ0n) is 4.56. The van der Waals surface area contributed by atoms with E-state index in [-0.39, 0.29) is 92.8 Å². The Balaban J connectivity index is 0. The molecule has 1 rings (SSSR count). The summed E-state index contributed by atoms with van der Waals surface area (Å²) in [5.74, 6) is 0.0903.